The van der Waals surface area contributed by atoms with Crippen molar-refractivity contribution in [3.63, 3.8) is 0 Å². The number of hydrogen-bond donors (Lipinski definition) is 3. The van der Waals surface area contributed by atoms with Gasteiger partial charge in [-0.2, -0.15) is 0 Å². The van der Waals surface area contributed by atoms with E-state index in [2.05, 4.69) is 34.8 Å². The van der Waals surface area contributed by atoms with Crippen LogP contribution in [0.15, 0.2) is 29.3 Å². The standard InChI is InChI=1S/C18H30N4O/c1-4-7-12-21-18(19-6-3)22-14-15-9-8-10-16(13-15)17(23)20-11-5-2/h8-10,13H,4-7,11-12,14H2,1-3H3,(H,20,23)(H2,19,21,22). The van der Waals surface area contributed by atoms with Gasteiger partial charge in [0.1, 0.15) is 0 Å². The van der Waals surface area contributed by atoms with E-state index in [-0.39, 0.29) is 5.91 Å². The molecule has 0 atom stereocenters. The molecule has 0 fully saturated rings. The fraction of sp³-hybridized carbons (Fsp3) is 0.556. The molecule has 1 aromatic rings. The maximum absolute atomic E-state index is 12.0. The molecule has 0 aliphatic heterocycles. The number of hydrogen-bond acceptors (Lipinski definition) is 2. The van der Waals surface area contributed by atoms with Gasteiger partial charge in [-0.05, 0) is 37.5 Å². The third-order valence-corrected chi connectivity index (χ3v) is 3.31. The molecule has 5 heteroatoms. The molecule has 0 aromatic heterocycles. The Morgan fingerprint density at radius 1 is 1.04 bits per heavy atom. The lowest BCUT2D eigenvalue weighted by molar-refractivity contribution is 0.0953. The number of nitrogens with zero attached hydrogens (tertiary/aromatic N) is 1. The van der Waals surface area contributed by atoms with Crippen molar-refractivity contribution >= 4 is 11.9 Å². The first-order chi connectivity index (χ1) is 11.2. The first-order valence-corrected chi connectivity index (χ1v) is 8.60. The molecule has 0 radical (unpaired) electrons. The third-order valence-electron chi connectivity index (χ3n) is 3.31. The van der Waals surface area contributed by atoms with Gasteiger partial charge in [0.05, 0.1) is 6.54 Å². The maximum atomic E-state index is 12.0. The van der Waals surface area contributed by atoms with Gasteiger partial charge in [-0.25, -0.2) is 4.99 Å². The average Bonchev–Trinajstić information content (AvgIpc) is 2.58. The predicted octanol–water partition coefficient (Wildman–Crippen LogP) is 2.68. The van der Waals surface area contributed by atoms with Gasteiger partial charge in [-0.1, -0.05) is 32.4 Å². The molecule has 1 aromatic carbocycles. The second kappa shape index (κ2) is 11.5. The topological polar surface area (TPSA) is 65.5 Å². The number of carbonyl (C=O) groups is 1. The Labute approximate surface area is 140 Å². The predicted molar refractivity (Wildman–Crippen MR) is 96.8 cm³/mol. The van der Waals surface area contributed by atoms with E-state index >= 15 is 0 Å². The van der Waals surface area contributed by atoms with Crippen LogP contribution in [0.1, 0.15) is 56.0 Å². The Morgan fingerprint density at radius 3 is 2.57 bits per heavy atom. The second-order valence-electron chi connectivity index (χ2n) is 5.43. The normalized spacial score (nSPS) is 11.2. The summed E-state index contributed by atoms with van der Waals surface area (Å²) in [4.78, 5) is 16.6. The molecule has 1 amide bonds. The van der Waals surface area contributed by atoms with Gasteiger partial charge in [0.15, 0.2) is 5.96 Å². The Hall–Kier alpha value is -2.04. The molecule has 23 heavy (non-hydrogen) atoms. The van der Waals surface area contributed by atoms with Gasteiger partial charge in [-0.3, -0.25) is 4.79 Å². The molecule has 0 saturated carbocycles. The summed E-state index contributed by atoms with van der Waals surface area (Å²) in [6, 6.07) is 7.64. The van der Waals surface area contributed by atoms with Gasteiger partial charge < -0.3 is 16.0 Å². The molecule has 0 unspecified atom stereocenters. The first kappa shape index (κ1) is 19.0. The second-order valence-corrected chi connectivity index (χ2v) is 5.43. The van der Waals surface area contributed by atoms with Crippen molar-refractivity contribution in [2.45, 2.75) is 46.6 Å². The molecule has 0 bridgehead atoms. The fourth-order valence-corrected chi connectivity index (χ4v) is 2.05. The zero-order valence-corrected chi connectivity index (χ0v) is 14.6. The number of unbranched alkanes of at least 4 members (excludes halogenated alkanes) is 1. The molecular weight excluding hydrogens is 288 g/mol. The van der Waals surface area contributed by atoms with Gasteiger partial charge in [0, 0.05) is 25.2 Å². The van der Waals surface area contributed by atoms with Gasteiger partial charge >= 0.3 is 0 Å². The maximum Gasteiger partial charge on any atom is 0.251 e. The third kappa shape index (κ3) is 7.68. The molecular formula is C18H30N4O. The lowest BCUT2D eigenvalue weighted by Gasteiger charge is -2.11. The summed E-state index contributed by atoms with van der Waals surface area (Å²) in [6.45, 7) is 9.26. The Morgan fingerprint density at radius 2 is 1.87 bits per heavy atom. The van der Waals surface area contributed by atoms with Crippen molar-refractivity contribution in [3.05, 3.63) is 35.4 Å². The zero-order valence-electron chi connectivity index (χ0n) is 14.6. The van der Waals surface area contributed by atoms with Crippen LogP contribution < -0.4 is 16.0 Å². The largest absolute Gasteiger partial charge is 0.357 e. The van der Waals surface area contributed by atoms with E-state index in [9.17, 15) is 4.79 Å². The van der Waals surface area contributed by atoms with Gasteiger partial charge in [0.2, 0.25) is 0 Å². The van der Waals surface area contributed by atoms with Crippen LogP contribution in [-0.4, -0.2) is 31.5 Å². The minimum atomic E-state index is -0.0225. The molecule has 3 N–H and O–H groups in total. The minimum absolute atomic E-state index is 0.0225. The van der Waals surface area contributed by atoms with E-state index < -0.39 is 0 Å². The highest BCUT2D eigenvalue weighted by Crippen LogP contribution is 2.07. The number of guanidine groups is 1. The molecule has 0 aliphatic carbocycles. The van der Waals surface area contributed by atoms with Crippen LogP contribution in [0.2, 0.25) is 0 Å². The summed E-state index contributed by atoms with van der Waals surface area (Å²) in [5, 5.41) is 9.45. The number of aliphatic imine (C=N–C) groups is 1. The lowest BCUT2D eigenvalue weighted by Crippen LogP contribution is -2.37. The van der Waals surface area contributed by atoms with E-state index in [0.29, 0.717) is 18.7 Å². The number of nitrogens with one attached hydrogen (secondary N) is 3. The quantitative estimate of drug-likeness (QED) is 0.372. The van der Waals surface area contributed by atoms with Crippen LogP contribution in [0.4, 0.5) is 0 Å². The SMILES string of the molecule is CCCCNC(=NCc1cccc(C(=O)NCCC)c1)NCC. The van der Waals surface area contributed by atoms with Crippen LogP contribution in [0, 0.1) is 0 Å². The summed E-state index contributed by atoms with van der Waals surface area (Å²) < 4.78 is 0. The van der Waals surface area contributed by atoms with E-state index in [4.69, 9.17) is 0 Å². The van der Waals surface area contributed by atoms with E-state index in [1.807, 2.05) is 31.2 Å². The lowest BCUT2D eigenvalue weighted by atomic mass is 10.1. The monoisotopic (exact) mass is 318 g/mol. The summed E-state index contributed by atoms with van der Waals surface area (Å²) in [5.74, 6) is 0.799. The van der Waals surface area contributed by atoms with Gasteiger partial charge in [0.25, 0.3) is 5.91 Å². The van der Waals surface area contributed by atoms with E-state index in [1.165, 1.54) is 0 Å². The zero-order chi connectivity index (χ0) is 16.9. The fourth-order valence-electron chi connectivity index (χ4n) is 2.05. The van der Waals surface area contributed by atoms with Crippen molar-refractivity contribution < 1.29 is 4.79 Å². The highest BCUT2D eigenvalue weighted by Gasteiger charge is 2.05. The number of rotatable bonds is 9. The Balaban J connectivity index is 2.66. The van der Waals surface area contributed by atoms with Crippen LogP contribution in [0.5, 0.6) is 0 Å². The summed E-state index contributed by atoms with van der Waals surface area (Å²) in [7, 11) is 0. The minimum Gasteiger partial charge on any atom is -0.357 e. The van der Waals surface area contributed by atoms with Crippen molar-refractivity contribution in [1.82, 2.24) is 16.0 Å². The Bertz CT molecular complexity index is 500. The summed E-state index contributed by atoms with van der Waals surface area (Å²) in [5.41, 5.74) is 1.72. The number of benzene rings is 1. The Kier molecular flexibility index (Phi) is 9.52. The molecule has 0 aliphatic rings. The van der Waals surface area contributed by atoms with Crippen molar-refractivity contribution in [2.24, 2.45) is 4.99 Å². The number of carbonyl (C=O) groups excluding carboxylic acids is 1. The molecule has 128 valence electrons. The summed E-state index contributed by atoms with van der Waals surface area (Å²) >= 11 is 0. The molecule has 0 heterocycles. The highest BCUT2D eigenvalue weighted by atomic mass is 16.1. The molecule has 0 saturated heterocycles. The average molecular weight is 318 g/mol. The van der Waals surface area contributed by atoms with Crippen LogP contribution in [-0.2, 0) is 6.54 Å². The van der Waals surface area contributed by atoms with Crippen LogP contribution >= 0.6 is 0 Å². The van der Waals surface area contributed by atoms with E-state index in [1.54, 1.807) is 0 Å². The smallest absolute Gasteiger partial charge is 0.251 e. The first-order valence-electron chi connectivity index (χ1n) is 8.60. The van der Waals surface area contributed by atoms with E-state index in [0.717, 1.165) is 43.9 Å². The van der Waals surface area contributed by atoms with Crippen molar-refractivity contribution in [3.8, 4) is 0 Å². The van der Waals surface area contributed by atoms with Crippen LogP contribution in [0.3, 0.4) is 0 Å². The van der Waals surface area contributed by atoms with Crippen molar-refractivity contribution in [2.75, 3.05) is 19.6 Å². The van der Waals surface area contributed by atoms with Crippen LogP contribution in [0.25, 0.3) is 0 Å². The molecule has 0 spiro atoms. The molecule has 5 nitrogen and oxygen atoms in total. The molecule has 1 rings (SSSR count). The van der Waals surface area contributed by atoms with Crippen molar-refractivity contribution in [1.29, 1.82) is 0 Å². The highest BCUT2D eigenvalue weighted by molar-refractivity contribution is 5.94. The van der Waals surface area contributed by atoms with Gasteiger partial charge in [-0.15, -0.1) is 0 Å². The summed E-state index contributed by atoms with van der Waals surface area (Å²) in [6.07, 6.45) is 3.21. The number of amides is 1.